The average molecular weight is 119 g/mol. The first-order chi connectivity index (χ1) is 4.33. The van der Waals surface area contributed by atoms with Gasteiger partial charge in [0.05, 0.1) is 0 Å². The summed E-state index contributed by atoms with van der Waals surface area (Å²) >= 11 is 0. The molecule has 0 fully saturated rings. The predicted octanol–water partition coefficient (Wildman–Crippen LogP) is 0.383. The molecule has 1 aromatic heterocycles. The molecule has 0 aliphatic heterocycles. The lowest BCUT2D eigenvalue weighted by molar-refractivity contribution is -0.671. The molecule has 1 rings (SSSR count). The van der Waals surface area contributed by atoms with Crippen LogP contribution in [0.1, 0.15) is 5.56 Å². The van der Waals surface area contributed by atoms with Crippen LogP contribution in [0.3, 0.4) is 0 Å². The van der Waals surface area contributed by atoms with Crippen molar-refractivity contribution < 1.29 is 4.57 Å². The quantitative estimate of drug-likeness (QED) is 0.454. The zero-order chi connectivity index (χ0) is 6.69. The first kappa shape index (κ1) is 5.77. The van der Waals surface area contributed by atoms with E-state index in [9.17, 15) is 0 Å². The van der Waals surface area contributed by atoms with Crippen molar-refractivity contribution in [1.82, 2.24) is 0 Å². The first-order valence-electron chi connectivity index (χ1n) is 2.68. The zero-order valence-electron chi connectivity index (χ0n) is 5.20. The topological polar surface area (TPSA) is 27.7 Å². The van der Waals surface area contributed by atoms with Gasteiger partial charge in [0.2, 0.25) is 0 Å². The van der Waals surface area contributed by atoms with Crippen molar-refractivity contribution in [3.05, 3.63) is 30.1 Å². The highest BCUT2D eigenvalue weighted by atomic mass is 14.9. The number of nitriles is 1. The molecule has 0 saturated heterocycles. The van der Waals surface area contributed by atoms with E-state index in [0.29, 0.717) is 5.56 Å². The smallest absolute Gasteiger partial charge is 0.186 e. The van der Waals surface area contributed by atoms with Gasteiger partial charge in [-0.15, -0.1) is 0 Å². The molecule has 2 heteroatoms. The summed E-state index contributed by atoms with van der Waals surface area (Å²) in [7, 11) is 1.89. The van der Waals surface area contributed by atoms with Crippen molar-refractivity contribution in [2.45, 2.75) is 0 Å². The van der Waals surface area contributed by atoms with Crippen LogP contribution >= 0.6 is 0 Å². The molecule has 0 saturated carbocycles. The van der Waals surface area contributed by atoms with E-state index in [0.717, 1.165) is 0 Å². The van der Waals surface area contributed by atoms with Crippen molar-refractivity contribution in [3.8, 4) is 6.07 Å². The van der Waals surface area contributed by atoms with Crippen LogP contribution in [0.2, 0.25) is 0 Å². The minimum atomic E-state index is 0.694. The Labute approximate surface area is 54.0 Å². The molecule has 1 heterocycles. The van der Waals surface area contributed by atoms with Crippen LogP contribution < -0.4 is 4.57 Å². The van der Waals surface area contributed by atoms with Crippen LogP contribution in [0.5, 0.6) is 0 Å². The molecule has 0 radical (unpaired) electrons. The molecule has 44 valence electrons. The van der Waals surface area contributed by atoms with Crippen molar-refractivity contribution in [2.24, 2.45) is 7.05 Å². The highest BCUT2D eigenvalue weighted by Gasteiger charge is 1.92. The van der Waals surface area contributed by atoms with Crippen molar-refractivity contribution in [3.63, 3.8) is 0 Å². The van der Waals surface area contributed by atoms with Gasteiger partial charge in [0, 0.05) is 6.07 Å². The van der Waals surface area contributed by atoms with Gasteiger partial charge in [0.1, 0.15) is 18.7 Å². The summed E-state index contributed by atoms with van der Waals surface area (Å²) in [5, 5.41) is 8.40. The van der Waals surface area contributed by atoms with Crippen LogP contribution in [-0.4, -0.2) is 0 Å². The molecule has 1 aromatic rings. The Hall–Kier alpha value is -1.36. The Balaban J connectivity index is 3.12. The van der Waals surface area contributed by atoms with Gasteiger partial charge in [0.25, 0.3) is 0 Å². The van der Waals surface area contributed by atoms with E-state index in [4.69, 9.17) is 5.26 Å². The van der Waals surface area contributed by atoms with E-state index in [-0.39, 0.29) is 0 Å². The second kappa shape index (κ2) is 2.27. The maximum Gasteiger partial charge on any atom is 0.186 e. The highest BCUT2D eigenvalue weighted by molar-refractivity contribution is 5.21. The van der Waals surface area contributed by atoms with Crippen LogP contribution in [0, 0.1) is 11.3 Å². The van der Waals surface area contributed by atoms with Gasteiger partial charge in [-0.1, -0.05) is 0 Å². The predicted molar refractivity (Wildman–Crippen MR) is 32.3 cm³/mol. The second-order valence-electron chi connectivity index (χ2n) is 1.87. The van der Waals surface area contributed by atoms with Crippen LogP contribution in [-0.2, 0) is 7.05 Å². The summed E-state index contributed by atoms with van der Waals surface area (Å²) in [5.74, 6) is 0. The third-order valence-electron chi connectivity index (χ3n) is 1.07. The Morgan fingerprint density at radius 3 is 2.89 bits per heavy atom. The molecule has 0 aliphatic rings. The summed E-state index contributed by atoms with van der Waals surface area (Å²) in [5.41, 5.74) is 0.694. The maximum atomic E-state index is 8.40. The number of aryl methyl sites for hydroxylation is 1. The van der Waals surface area contributed by atoms with Crippen molar-refractivity contribution in [2.75, 3.05) is 0 Å². The van der Waals surface area contributed by atoms with E-state index in [1.807, 2.05) is 29.9 Å². The van der Waals surface area contributed by atoms with Crippen LogP contribution in [0.25, 0.3) is 0 Å². The van der Waals surface area contributed by atoms with Crippen molar-refractivity contribution >= 4 is 0 Å². The lowest BCUT2D eigenvalue weighted by atomic mass is 10.3. The first-order valence-corrected chi connectivity index (χ1v) is 2.68. The molecule has 9 heavy (non-hydrogen) atoms. The monoisotopic (exact) mass is 119 g/mol. The Bertz CT molecular complexity index is 247. The third kappa shape index (κ3) is 1.26. The molecule has 0 atom stereocenters. The summed E-state index contributed by atoms with van der Waals surface area (Å²) < 4.78 is 1.85. The van der Waals surface area contributed by atoms with Crippen molar-refractivity contribution in [1.29, 1.82) is 5.26 Å². The highest BCUT2D eigenvalue weighted by Crippen LogP contribution is 1.87. The molecular weight excluding hydrogens is 112 g/mol. The molecule has 0 aliphatic carbocycles. The Kier molecular flexibility index (Phi) is 1.46. The third-order valence-corrected chi connectivity index (χ3v) is 1.07. The number of pyridine rings is 1. The minimum Gasteiger partial charge on any atom is -0.207 e. The SMILES string of the molecule is C[n+]1cccc(C#N)c1. The lowest BCUT2D eigenvalue weighted by Crippen LogP contribution is -2.26. The fraction of sp³-hybridized carbons (Fsp3) is 0.143. The summed E-state index contributed by atoms with van der Waals surface area (Å²) in [6, 6.07) is 5.67. The normalized spacial score (nSPS) is 8.44. The molecule has 0 N–H and O–H groups in total. The number of hydrogen-bond donors (Lipinski definition) is 0. The fourth-order valence-corrected chi connectivity index (χ4v) is 0.654. The molecule has 0 amide bonds. The Morgan fingerprint density at radius 2 is 2.44 bits per heavy atom. The number of rotatable bonds is 0. The average Bonchev–Trinajstić information content (AvgIpc) is 1.88. The van der Waals surface area contributed by atoms with Gasteiger partial charge in [-0.2, -0.15) is 5.26 Å². The van der Waals surface area contributed by atoms with E-state index >= 15 is 0 Å². The van der Waals surface area contributed by atoms with E-state index in [2.05, 4.69) is 0 Å². The second-order valence-corrected chi connectivity index (χ2v) is 1.87. The summed E-state index contributed by atoms with van der Waals surface area (Å²) in [6.45, 7) is 0. The van der Waals surface area contributed by atoms with Gasteiger partial charge in [-0.25, -0.2) is 4.57 Å². The minimum absolute atomic E-state index is 0.694. The van der Waals surface area contributed by atoms with Gasteiger partial charge in [0.15, 0.2) is 12.4 Å². The molecular formula is C7H7N2+. The number of hydrogen-bond acceptors (Lipinski definition) is 1. The van der Waals surface area contributed by atoms with Crippen LogP contribution in [0.4, 0.5) is 0 Å². The van der Waals surface area contributed by atoms with Gasteiger partial charge in [-0.3, -0.25) is 0 Å². The zero-order valence-corrected chi connectivity index (χ0v) is 5.20. The number of nitrogens with zero attached hydrogens (tertiary/aromatic N) is 2. The van der Waals surface area contributed by atoms with Gasteiger partial charge >= 0.3 is 0 Å². The summed E-state index contributed by atoms with van der Waals surface area (Å²) in [4.78, 5) is 0. The molecule has 0 spiro atoms. The Morgan fingerprint density at radius 1 is 1.67 bits per heavy atom. The maximum absolute atomic E-state index is 8.40. The molecule has 2 nitrogen and oxygen atoms in total. The largest absolute Gasteiger partial charge is 0.207 e. The van der Waals surface area contributed by atoms with Crippen LogP contribution in [0.15, 0.2) is 24.5 Å². The molecule has 0 bridgehead atoms. The molecule has 0 unspecified atom stereocenters. The van der Waals surface area contributed by atoms with Gasteiger partial charge in [-0.05, 0) is 6.07 Å². The molecule has 0 aromatic carbocycles. The van der Waals surface area contributed by atoms with Gasteiger partial charge < -0.3 is 0 Å². The lowest BCUT2D eigenvalue weighted by Gasteiger charge is -1.83. The standard InChI is InChI=1S/C7H7N2/c1-9-4-2-3-7(5-8)6-9/h2-4,6H,1H3/q+1. The summed E-state index contributed by atoms with van der Waals surface area (Å²) in [6.07, 6.45) is 3.67. The number of aromatic nitrogens is 1. The van der Waals surface area contributed by atoms with E-state index in [1.54, 1.807) is 12.3 Å². The van der Waals surface area contributed by atoms with E-state index < -0.39 is 0 Å². The fourth-order valence-electron chi connectivity index (χ4n) is 0.654. The van der Waals surface area contributed by atoms with E-state index in [1.165, 1.54) is 0 Å².